The molecule has 2 aromatic heterocycles. The number of ether oxygens (including phenoxy) is 2. The molecule has 0 spiro atoms. The molecular weight excluding hydrogens is 368 g/mol. The lowest BCUT2D eigenvalue weighted by atomic mass is 10.0. The van der Waals surface area contributed by atoms with Crippen molar-refractivity contribution < 1.29 is 9.47 Å². The summed E-state index contributed by atoms with van der Waals surface area (Å²) in [5.74, 6) is 2.51. The molecule has 2 aliphatic heterocycles. The van der Waals surface area contributed by atoms with Crippen LogP contribution in [0.3, 0.4) is 0 Å². The highest BCUT2D eigenvalue weighted by molar-refractivity contribution is 7.71. The van der Waals surface area contributed by atoms with Gasteiger partial charge in [0.1, 0.15) is 0 Å². The molecule has 26 heavy (non-hydrogen) atoms. The third-order valence-corrected chi connectivity index (χ3v) is 6.09. The fourth-order valence-corrected chi connectivity index (χ4v) is 4.51. The number of likely N-dealkylation sites (tertiary alicyclic amines) is 1. The monoisotopic (exact) mass is 386 g/mol. The normalized spacial score (nSPS) is 19.3. The van der Waals surface area contributed by atoms with Crippen molar-refractivity contribution in [1.82, 2.24) is 19.7 Å². The SMILES string of the molecule is S=c1nc(-c2cccs2)[nH]n1CN1CCCC1c1ccc2c(c1)OCO2. The number of fused-ring (bicyclic) bond motifs is 1. The standard InChI is InChI=1S/C18H18N4O2S2/c25-18-19-17(16-4-2-8-26-16)20-22(18)10-21-7-1-3-13(21)12-5-6-14-15(9-12)24-11-23-14/h2,4-6,8-9,13H,1,3,7,10-11H2,(H,19,20,25). The molecule has 4 heterocycles. The molecule has 1 aromatic carbocycles. The minimum Gasteiger partial charge on any atom is -0.454 e. The quantitative estimate of drug-likeness (QED) is 0.682. The van der Waals surface area contributed by atoms with E-state index in [0.29, 0.717) is 24.3 Å². The Balaban J connectivity index is 1.39. The fraction of sp³-hybridized carbons (Fsp3) is 0.333. The van der Waals surface area contributed by atoms with E-state index in [1.165, 1.54) is 12.0 Å². The maximum atomic E-state index is 5.54. The molecule has 1 unspecified atom stereocenters. The van der Waals surface area contributed by atoms with Gasteiger partial charge >= 0.3 is 0 Å². The number of nitrogens with zero attached hydrogens (tertiary/aromatic N) is 3. The molecule has 0 bridgehead atoms. The maximum absolute atomic E-state index is 5.54. The molecule has 0 radical (unpaired) electrons. The van der Waals surface area contributed by atoms with Crippen LogP contribution < -0.4 is 9.47 Å². The van der Waals surface area contributed by atoms with E-state index in [4.69, 9.17) is 21.7 Å². The average Bonchev–Trinajstić information content (AvgIpc) is 3.43. The number of aromatic nitrogens is 3. The number of aromatic amines is 1. The highest BCUT2D eigenvalue weighted by Gasteiger charge is 2.28. The second-order valence-corrected chi connectivity index (χ2v) is 7.80. The second-order valence-electron chi connectivity index (χ2n) is 6.48. The fourth-order valence-electron chi connectivity index (χ4n) is 3.65. The highest BCUT2D eigenvalue weighted by atomic mass is 32.1. The van der Waals surface area contributed by atoms with Gasteiger partial charge < -0.3 is 9.47 Å². The summed E-state index contributed by atoms with van der Waals surface area (Å²) >= 11 is 7.12. The lowest BCUT2D eigenvalue weighted by Crippen LogP contribution is -2.26. The van der Waals surface area contributed by atoms with Gasteiger partial charge in [-0.15, -0.1) is 11.3 Å². The van der Waals surface area contributed by atoms with Crippen molar-refractivity contribution in [2.45, 2.75) is 25.6 Å². The van der Waals surface area contributed by atoms with Crippen LogP contribution in [0, 0.1) is 4.77 Å². The Labute approximate surface area is 160 Å². The van der Waals surface area contributed by atoms with Gasteiger partial charge in [0.05, 0.1) is 11.5 Å². The van der Waals surface area contributed by atoms with Gasteiger partial charge in [0.2, 0.25) is 11.6 Å². The summed E-state index contributed by atoms with van der Waals surface area (Å²) in [5.41, 5.74) is 1.26. The van der Waals surface area contributed by atoms with E-state index in [1.807, 2.05) is 28.3 Å². The van der Waals surface area contributed by atoms with Crippen LogP contribution in [0.5, 0.6) is 11.5 Å². The number of benzene rings is 1. The molecule has 0 saturated carbocycles. The first-order valence-electron chi connectivity index (χ1n) is 8.62. The maximum Gasteiger partial charge on any atom is 0.231 e. The zero-order valence-corrected chi connectivity index (χ0v) is 15.7. The van der Waals surface area contributed by atoms with Gasteiger partial charge in [-0.05, 0) is 54.2 Å². The number of hydrogen-bond donors (Lipinski definition) is 1. The molecule has 3 aromatic rings. The van der Waals surface area contributed by atoms with Gasteiger partial charge in [-0.1, -0.05) is 12.1 Å². The summed E-state index contributed by atoms with van der Waals surface area (Å²) in [5, 5.41) is 5.39. The van der Waals surface area contributed by atoms with Crippen molar-refractivity contribution in [2.75, 3.05) is 13.3 Å². The number of H-pyrrole nitrogens is 1. The first-order valence-corrected chi connectivity index (χ1v) is 9.91. The van der Waals surface area contributed by atoms with Crippen molar-refractivity contribution in [3.05, 3.63) is 46.0 Å². The molecule has 6 nitrogen and oxygen atoms in total. The van der Waals surface area contributed by atoms with Crippen LogP contribution in [0.4, 0.5) is 0 Å². The van der Waals surface area contributed by atoms with E-state index in [9.17, 15) is 0 Å². The van der Waals surface area contributed by atoms with E-state index < -0.39 is 0 Å². The summed E-state index contributed by atoms with van der Waals surface area (Å²) in [7, 11) is 0. The molecule has 1 saturated heterocycles. The third kappa shape index (κ3) is 2.84. The molecular formula is C18H18N4O2S2. The van der Waals surface area contributed by atoms with Gasteiger partial charge in [0, 0.05) is 12.6 Å². The molecule has 8 heteroatoms. The van der Waals surface area contributed by atoms with E-state index in [1.54, 1.807) is 11.3 Å². The Morgan fingerprint density at radius 1 is 1.27 bits per heavy atom. The van der Waals surface area contributed by atoms with Crippen molar-refractivity contribution >= 4 is 23.6 Å². The lowest BCUT2D eigenvalue weighted by molar-refractivity contribution is 0.173. The van der Waals surface area contributed by atoms with Gasteiger partial charge in [-0.2, -0.15) is 4.98 Å². The zero-order chi connectivity index (χ0) is 17.5. The average molecular weight is 387 g/mol. The zero-order valence-electron chi connectivity index (χ0n) is 14.1. The summed E-state index contributed by atoms with van der Waals surface area (Å²) in [6.45, 7) is 2.05. The van der Waals surface area contributed by atoms with E-state index in [-0.39, 0.29) is 0 Å². The molecule has 1 atom stereocenters. The van der Waals surface area contributed by atoms with Crippen molar-refractivity contribution in [2.24, 2.45) is 0 Å². The Hall–Kier alpha value is -2.16. The summed E-state index contributed by atoms with van der Waals surface area (Å²) in [4.78, 5) is 8.04. The van der Waals surface area contributed by atoms with Crippen molar-refractivity contribution in [1.29, 1.82) is 0 Å². The first-order chi connectivity index (χ1) is 12.8. The number of thiophene rings is 1. The largest absolute Gasteiger partial charge is 0.454 e. The Bertz CT molecular complexity index is 979. The van der Waals surface area contributed by atoms with Gasteiger partial charge in [0.15, 0.2) is 17.3 Å². The van der Waals surface area contributed by atoms with Crippen LogP contribution >= 0.6 is 23.6 Å². The van der Waals surface area contributed by atoms with Crippen LogP contribution in [0.15, 0.2) is 35.7 Å². The van der Waals surface area contributed by atoms with Crippen LogP contribution in [0.1, 0.15) is 24.4 Å². The summed E-state index contributed by atoms with van der Waals surface area (Å²) in [6, 6.07) is 10.7. The van der Waals surface area contributed by atoms with Crippen molar-refractivity contribution in [3.63, 3.8) is 0 Å². The van der Waals surface area contributed by atoms with Gasteiger partial charge in [0.25, 0.3) is 0 Å². The molecule has 0 amide bonds. The Kier molecular flexibility index (Phi) is 4.03. The topological polar surface area (TPSA) is 55.3 Å². The van der Waals surface area contributed by atoms with Crippen LogP contribution in [-0.2, 0) is 6.67 Å². The van der Waals surface area contributed by atoms with Crippen LogP contribution in [0.2, 0.25) is 0 Å². The second kappa shape index (κ2) is 6.53. The molecule has 1 N–H and O–H groups in total. The van der Waals surface area contributed by atoms with Gasteiger partial charge in [-0.25, -0.2) is 4.68 Å². The highest BCUT2D eigenvalue weighted by Crippen LogP contribution is 2.39. The summed E-state index contributed by atoms with van der Waals surface area (Å²) < 4.78 is 13.5. The third-order valence-electron chi connectivity index (χ3n) is 4.90. The van der Waals surface area contributed by atoms with E-state index in [0.717, 1.165) is 35.2 Å². The minimum atomic E-state index is 0.308. The van der Waals surface area contributed by atoms with Crippen LogP contribution in [0.25, 0.3) is 10.7 Å². The molecule has 1 fully saturated rings. The van der Waals surface area contributed by atoms with Gasteiger partial charge in [-0.3, -0.25) is 10.00 Å². The molecule has 134 valence electrons. The van der Waals surface area contributed by atoms with E-state index >= 15 is 0 Å². The Morgan fingerprint density at radius 3 is 3.08 bits per heavy atom. The minimum absolute atomic E-state index is 0.308. The predicted octanol–water partition coefficient (Wildman–Crippen LogP) is 4.19. The first kappa shape index (κ1) is 16.0. The van der Waals surface area contributed by atoms with Crippen LogP contribution in [-0.4, -0.2) is 33.0 Å². The Morgan fingerprint density at radius 2 is 2.19 bits per heavy atom. The molecule has 0 aliphatic carbocycles. The number of rotatable bonds is 4. The predicted molar refractivity (Wildman–Crippen MR) is 102 cm³/mol. The molecule has 2 aliphatic rings. The smallest absolute Gasteiger partial charge is 0.231 e. The van der Waals surface area contributed by atoms with Crippen molar-refractivity contribution in [3.8, 4) is 22.2 Å². The molecule has 5 rings (SSSR count). The summed E-state index contributed by atoms with van der Waals surface area (Å²) in [6.07, 6.45) is 2.29. The number of nitrogens with one attached hydrogen (secondary N) is 1. The van der Waals surface area contributed by atoms with E-state index in [2.05, 4.69) is 27.1 Å². The number of hydrogen-bond acceptors (Lipinski definition) is 6. The lowest BCUT2D eigenvalue weighted by Gasteiger charge is -2.25.